The molecule has 8 nitrogen and oxygen atoms in total. The Hall–Kier alpha value is -3.78. The van der Waals surface area contributed by atoms with Crippen LogP contribution in [-0.2, 0) is 27.2 Å². The van der Waals surface area contributed by atoms with Crippen molar-refractivity contribution in [3.63, 3.8) is 0 Å². The molecular weight excluding hydrogens is 446 g/mol. The van der Waals surface area contributed by atoms with Crippen molar-refractivity contribution in [1.29, 1.82) is 0 Å². The number of para-hydroxylation sites is 2. The maximum absolute atomic E-state index is 13.5. The number of aromatic nitrogens is 1. The molecule has 1 aliphatic heterocycles. The van der Waals surface area contributed by atoms with Crippen LogP contribution in [0.15, 0.2) is 48.5 Å². The Morgan fingerprint density at radius 3 is 2.60 bits per heavy atom. The van der Waals surface area contributed by atoms with Crippen LogP contribution in [-0.4, -0.2) is 54.0 Å². The van der Waals surface area contributed by atoms with Crippen LogP contribution in [0.4, 0.5) is 5.69 Å². The number of ether oxygens (including phenoxy) is 2. The molecule has 182 valence electrons. The lowest BCUT2D eigenvalue weighted by atomic mass is 9.95. The van der Waals surface area contributed by atoms with E-state index in [1.807, 2.05) is 24.3 Å². The zero-order valence-electron chi connectivity index (χ0n) is 20.2. The molecular formula is C27H29N3O5. The van der Waals surface area contributed by atoms with Crippen molar-refractivity contribution < 1.29 is 23.9 Å². The van der Waals surface area contributed by atoms with Gasteiger partial charge in [0, 0.05) is 36.2 Å². The Labute approximate surface area is 204 Å². The predicted octanol–water partition coefficient (Wildman–Crippen LogP) is 3.97. The molecule has 4 rings (SSSR count). The summed E-state index contributed by atoms with van der Waals surface area (Å²) in [6.07, 6.45) is 0.673. The molecule has 1 N–H and O–H groups in total. The molecule has 1 amide bonds. The standard InChI is InChI=1S/C27H29N3O5/c1-4-14-30-15-13-23-20(16-30)24(18-9-5-7-11-21(18)28-23)27(33)35-17(2)25(31)29-22-12-8-6-10-19(22)26(32)34-3/h5-12,17H,4,13-16H2,1-3H3,(H,29,31). The number of benzene rings is 2. The van der Waals surface area contributed by atoms with Crippen molar-refractivity contribution in [2.75, 3.05) is 25.5 Å². The summed E-state index contributed by atoms with van der Waals surface area (Å²) in [5.41, 5.74) is 3.44. The van der Waals surface area contributed by atoms with E-state index in [0.29, 0.717) is 17.5 Å². The molecule has 1 aromatic heterocycles. The molecule has 0 radical (unpaired) electrons. The first-order chi connectivity index (χ1) is 16.9. The van der Waals surface area contributed by atoms with Crippen molar-refractivity contribution in [2.45, 2.75) is 39.3 Å². The SMILES string of the molecule is CCCN1CCc2nc3ccccc3c(C(=O)OC(C)C(=O)Nc3ccccc3C(=O)OC)c2C1. The minimum atomic E-state index is -1.09. The quantitative estimate of drug-likeness (QED) is 0.516. The first-order valence-electron chi connectivity index (χ1n) is 11.7. The van der Waals surface area contributed by atoms with Gasteiger partial charge in [0.25, 0.3) is 5.91 Å². The number of carbonyl (C=O) groups excluding carboxylic acids is 3. The second kappa shape index (κ2) is 10.7. The van der Waals surface area contributed by atoms with Crippen molar-refractivity contribution >= 4 is 34.4 Å². The highest BCUT2D eigenvalue weighted by Crippen LogP contribution is 2.29. The lowest BCUT2D eigenvalue weighted by molar-refractivity contribution is -0.123. The molecule has 1 aliphatic rings. The lowest BCUT2D eigenvalue weighted by Gasteiger charge is -2.29. The van der Waals surface area contributed by atoms with Gasteiger partial charge in [0.2, 0.25) is 0 Å². The molecule has 0 bridgehead atoms. The monoisotopic (exact) mass is 475 g/mol. The fourth-order valence-corrected chi connectivity index (χ4v) is 4.37. The first-order valence-corrected chi connectivity index (χ1v) is 11.7. The topological polar surface area (TPSA) is 97.8 Å². The highest BCUT2D eigenvalue weighted by Gasteiger charge is 2.29. The number of rotatable bonds is 7. The predicted molar refractivity (Wildman–Crippen MR) is 132 cm³/mol. The Bertz CT molecular complexity index is 1270. The smallest absolute Gasteiger partial charge is 0.339 e. The largest absolute Gasteiger partial charge is 0.465 e. The second-order valence-corrected chi connectivity index (χ2v) is 8.53. The fraction of sp³-hybridized carbons (Fsp3) is 0.333. The Morgan fingerprint density at radius 2 is 1.83 bits per heavy atom. The molecule has 0 saturated carbocycles. The third-order valence-corrected chi connectivity index (χ3v) is 6.11. The van der Waals surface area contributed by atoms with E-state index in [0.717, 1.165) is 42.7 Å². The van der Waals surface area contributed by atoms with Gasteiger partial charge in [-0.2, -0.15) is 0 Å². The number of methoxy groups -OCH3 is 1. The van der Waals surface area contributed by atoms with Crippen molar-refractivity contribution in [2.24, 2.45) is 0 Å². The van der Waals surface area contributed by atoms with E-state index in [9.17, 15) is 14.4 Å². The number of carbonyl (C=O) groups is 3. The van der Waals surface area contributed by atoms with Crippen molar-refractivity contribution in [1.82, 2.24) is 9.88 Å². The highest BCUT2D eigenvalue weighted by atomic mass is 16.5. The van der Waals surface area contributed by atoms with Gasteiger partial charge in [-0.25, -0.2) is 9.59 Å². The molecule has 3 aromatic rings. The van der Waals surface area contributed by atoms with Crippen LogP contribution >= 0.6 is 0 Å². The maximum Gasteiger partial charge on any atom is 0.339 e. The average molecular weight is 476 g/mol. The van der Waals surface area contributed by atoms with Crippen LogP contribution in [0.1, 0.15) is 52.2 Å². The Balaban J connectivity index is 1.60. The second-order valence-electron chi connectivity index (χ2n) is 8.53. The molecule has 0 aliphatic carbocycles. The third-order valence-electron chi connectivity index (χ3n) is 6.11. The number of fused-ring (bicyclic) bond motifs is 2. The zero-order chi connectivity index (χ0) is 24.9. The van der Waals surface area contributed by atoms with E-state index in [4.69, 9.17) is 14.5 Å². The first kappa shape index (κ1) is 24.3. The summed E-state index contributed by atoms with van der Waals surface area (Å²) < 4.78 is 10.4. The van der Waals surface area contributed by atoms with Crippen LogP contribution in [0, 0.1) is 0 Å². The van der Waals surface area contributed by atoms with E-state index in [1.54, 1.807) is 24.3 Å². The van der Waals surface area contributed by atoms with E-state index < -0.39 is 23.9 Å². The van der Waals surface area contributed by atoms with Gasteiger partial charge < -0.3 is 14.8 Å². The fourth-order valence-electron chi connectivity index (χ4n) is 4.37. The van der Waals surface area contributed by atoms with Gasteiger partial charge >= 0.3 is 11.9 Å². The van der Waals surface area contributed by atoms with Gasteiger partial charge in [-0.3, -0.25) is 14.7 Å². The Morgan fingerprint density at radius 1 is 1.09 bits per heavy atom. The molecule has 2 heterocycles. The van der Waals surface area contributed by atoms with Gasteiger partial charge in [-0.1, -0.05) is 37.3 Å². The van der Waals surface area contributed by atoms with Gasteiger partial charge in [0.05, 0.1) is 29.4 Å². The number of nitrogens with zero attached hydrogens (tertiary/aromatic N) is 2. The number of nitrogens with one attached hydrogen (secondary N) is 1. The third kappa shape index (κ3) is 5.17. The summed E-state index contributed by atoms with van der Waals surface area (Å²) in [6.45, 7) is 6.06. The van der Waals surface area contributed by atoms with Crippen LogP contribution < -0.4 is 5.32 Å². The molecule has 0 saturated heterocycles. The van der Waals surface area contributed by atoms with Crippen LogP contribution in [0.2, 0.25) is 0 Å². The number of hydrogen-bond acceptors (Lipinski definition) is 7. The summed E-state index contributed by atoms with van der Waals surface area (Å²) >= 11 is 0. The van der Waals surface area contributed by atoms with E-state index in [2.05, 4.69) is 17.1 Å². The summed E-state index contributed by atoms with van der Waals surface area (Å²) in [5.74, 6) is -1.69. The number of hydrogen-bond donors (Lipinski definition) is 1. The van der Waals surface area contributed by atoms with Crippen molar-refractivity contribution in [3.05, 3.63) is 70.9 Å². The number of anilines is 1. The summed E-state index contributed by atoms with van der Waals surface area (Å²) in [6, 6.07) is 14.0. The minimum absolute atomic E-state index is 0.215. The van der Waals surface area contributed by atoms with Crippen LogP contribution in [0.5, 0.6) is 0 Å². The van der Waals surface area contributed by atoms with Gasteiger partial charge in [0.1, 0.15) is 0 Å². The molecule has 1 unspecified atom stereocenters. The Kier molecular flexibility index (Phi) is 7.41. The maximum atomic E-state index is 13.5. The van der Waals surface area contributed by atoms with E-state index in [1.165, 1.54) is 14.0 Å². The number of amides is 1. The molecule has 2 aromatic carbocycles. The minimum Gasteiger partial charge on any atom is -0.465 e. The summed E-state index contributed by atoms with van der Waals surface area (Å²) in [7, 11) is 1.27. The lowest BCUT2D eigenvalue weighted by Crippen LogP contribution is -2.34. The van der Waals surface area contributed by atoms with E-state index >= 15 is 0 Å². The van der Waals surface area contributed by atoms with Gasteiger partial charge in [-0.05, 0) is 38.1 Å². The molecule has 1 atom stereocenters. The van der Waals surface area contributed by atoms with Gasteiger partial charge in [0.15, 0.2) is 6.10 Å². The van der Waals surface area contributed by atoms with Crippen LogP contribution in [0.3, 0.4) is 0 Å². The van der Waals surface area contributed by atoms with Gasteiger partial charge in [-0.15, -0.1) is 0 Å². The molecule has 0 spiro atoms. The zero-order valence-corrected chi connectivity index (χ0v) is 20.2. The molecule has 8 heteroatoms. The number of esters is 2. The molecule has 35 heavy (non-hydrogen) atoms. The summed E-state index contributed by atoms with van der Waals surface area (Å²) in [4.78, 5) is 45.4. The average Bonchev–Trinajstić information content (AvgIpc) is 2.87. The van der Waals surface area contributed by atoms with Crippen LogP contribution in [0.25, 0.3) is 10.9 Å². The number of pyridine rings is 1. The normalized spacial score (nSPS) is 14.1. The highest BCUT2D eigenvalue weighted by molar-refractivity contribution is 6.07. The van der Waals surface area contributed by atoms with E-state index in [-0.39, 0.29) is 11.3 Å². The summed E-state index contributed by atoms with van der Waals surface area (Å²) in [5, 5.41) is 3.37. The molecule has 0 fully saturated rings. The van der Waals surface area contributed by atoms with Crippen molar-refractivity contribution in [3.8, 4) is 0 Å².